The maximum atomic E-state index is 12.5. The summed E-state index contributed by atoms with van der Waals surface area (Å²) in [4.78, 5) is 121. The van der Waals surface area contributed by atoms with Gasteiger partial charge in [-0.15, -0.1) is 0 Å². The molecule has 0 spiro atoms. The molecule has 0 unspecified atom stereocenters. The van der Waals surface area contributed by atoms with E-state index < -0.39 is 28.2 Å². The number of ether oxygens (including phenoxy) is 11. The van der Waals surface area contributed by atoms with Crippen LogP contribution in [0.2, 0.25) is 0 Å². The summed E-state index contributed by atoms with van der Waals surface area (Å²) in [7, 11) is 2.84. The highest BCUT2D eigenvalue weighted by Gasteiger charge is 2.31. The molecule has 1 fully saturated rings. The summed E-state index contributed by atoms with van der Waals surface area (Å²) in [5.41, 5.74) is 1.79. The number of amides is 4. The van der Waals surface area contributed by atoms with E-state index >= 15 is 0 Å². The molecule has 0 bridgehead atoms. The molecular formula is C88H155FN4O25S. The van der Waals surface area contributed by atoms with Crippen molar-refractivity contribution in [1.82, 2.24) is 20.4 Å². The molecule has 0 saturated heterocycles. The van der Waals surface area contributed by atoms with Crippen LogP contribution in [0, 0.1) is 23.1 Å². The number of nitrogens with zero attached hydrogens (tertiary/aromatic N) is 2. The average molecular weight is 1720 g/mol. The van der Waals surface area contributed by atoms with Gasteiger partial charge < -0.3 is 77.3 Å². The number of esters is 5. The van der Waals surface area contributed by atoms with Crippen molar-refractivity contribution in [3.8, 4) is 0 Å². The number of rotatable bonds is 24. The summed E-state index contributed by atoms with van der Waals surface area (Å²) < 4.78 is 92.8. The molecule has 0 aliphatic heterocycles. The number of ketones is 1. The molecule has 3 aromatic rings. The quantitative estimate of drug-likeness (QED) is 0.0478. The van der Waals surface area contributed by atoms with Gasteiger partial charge in [0.05, 0.1) is 96.4 Å². The first-order valence-corrected chi connectivity index (χ1v) is 41.7. The summed E-state index contributed by atoms with van der Waals surface area (Å²) in [6, 6.07) is 24.1. The number of carbonyl (C=O) groups is 11. The second-order valence-corrected chi connectivity index (χ2v) is 32.5. The van der Waals surface area contributed by atoms with Crippen LogP contribution in [0.25, 0.3) is 0 Å². The van der Waals surface area contributed by atoms with Gasteiger partial charge in [0.1, 0.15) is 11.6 Å². The molecule has 119 heavy (non-hydrogen) atoms. The highest BCUT2D eigenvalue weighted by Crippen LogP contribution is 2.30. The minimum absolute atomic E-state index is 0.00766. The van der Waals surface area contributed by atoms with Crippen LogP contribution in [-0.4, -0.2) is 186 Å². The van der Waals surface area contributed by atoms with Crippen molar-refractivity contribution < 1.29 is 122 Å². The van der Waals surface area contributed by atoms with Crippen molar-refractivity contribution in [2.45, 2.75) is 345 Å². The first-order valence-electron chi connectivity index (χ1n) is 40.3. The number of alkyl carbamates (subject to hydrolysis) is 2. The van der Waals surface area contributed by atoms with Crippen molar-refractivity contribution >= 4 is 76.3 Å². The lowest BCUT2D eigenvalue weighted by Gasteiger charge is -2.18. The SMILES string of the molecule is CC(=O)CCC(=O)OC(C)C.CC(=O)OC(C)C.CC(C)C.CC(C)OC(=O)C(C)(C)C.CC(C)OC(=O)C1CC1.CC(C)OC(=O)N(C)C.CC(C)OC(=O)N(C)Cc1ccccc1.CC(C)OC(=O)NCc1ccccc1.CC(C)OS(=O)(=O)c1ccc(F)cc1.CCCC(=O)OC(C)C.CCOC(=O)OC(C)C.CNC(=O)OC(C)C. The smallest absolute Gasteiger partial charge is 0.463 e. The zero-order valence-corrected chi connectivity index (χ0v) is 79.7. The molecule has 0 radical (unpaired) electrons. The first kappa shape index (κ1) is 125. The average Bonchev–Trinajstić information content (AvgIpc) is 1.82. The standard InChI is InChI=1S/C12H17NO2.C11H15NO2.C9H11FO3S.C8H14O3.C8H16O2.C7H12O2.C7H14O2.C6H13NO2.C6H12O3.C5H11NO2.C5H10O2.C4H10/c1-10(2)15-12(14)13(3)9-11-7-5-4-6-8-11;1-9(2)14-11(13)12-8-10-6-4-3-5-7-10;1-7(2)13-14(11,12)9-5-3-8(10)4-6-9;1-6(2)11-8(10)5-4-7(3)9;1-6(2)10-7(9)8(3,4)5;1-5(2)9-7(8)6-3-4-6;1-4-5-7(8)9-6(2)3;1-5(2)9-6(8)7(3)4;1-4-8-6(7)9-5(2)3;1-4(2)8-5(7)6-3;1-4(2)7-5(3)6;1-4(2)3/h4-8,10H,9H2,1-3H3;3-7,9H,8H2,1-2H3,(H,12,13);3-7H,1-2H3;6H,4-5H2,1-3H3;6H,1-5H3;5-6H,3-4H2,1-2H3;6H,4-5H2,1-3H3;5H,1-4H3;5H,4H2,1-3H3;4H,1-3H3,(H,6,7);4H,1-3H3;4H,1-3H3. The Morgan fingerprint density at radius 2 is 0.840 bits per heavy atom. The lowest BCUT2D eigenvalue weighted by Crippen LogP contribution is -2.28. The molecule has 4 amide bonds. The van der Waals surface area contributed by atoms with Gasteiger partial charge in [-0.2, -0.15) is 8.42 Å². The van der Waals surface area contributed by atoms with Crippen LogP contribution in [0.15, 0.2) is 89.8 Å². The van der Waals surface area contributed by atoms with Gasteiger partial charge in [0, 0.05) is 61.0 Å². The predicted octanol–water partition coefficient (Wildman–Crippen LogP) is 19.3. The van der Waals surface area contributed by atoms with Crippen molar-refractivity contribution in [2.24, 2.45) is 17.3 Å². The van der Waals surface area contributed by atoms with Crippen LogP contribution in [0.3, 0.4) is 0 Å². The molecule has 2 N–H and O–H groups in total. The maximum absolute atomic E-state index is 12.5. The van der Waals surface area contributed by atoms with Gasteiger partial charge >= 0.3 is 60.4 Å². The molecule has 1 aliphatic rings. The Bertz CT molecular complexity index is 3200. The summed E-state index contributed by atoms with van der Waals surface area (Å²) >= 11 is 0. The minimum Gasteiger partial charge on any atom is -0.463 e. The molecule has 0 atom stereocenters. The largest absolute Gasteiger partial charge is 0.508 e. The van der Waals surface area contributed by atoms with Crippen molar-refractivity contribution in [3.63, 3.8) is 0 Å². The zero-order valence-electron chi connectivity index (χ0n) is 78.8. The number of hydrogen-bond donors (Lipinski definition) is 2. The molecular weight excluding hydrogens is 1560 g/mol. The Labute approximate surface area is 714 Å². The van der Waals surface area contributed by atoms with Crippen LogP contribution < -0.4 is 10.6 Å². The lowest BCUT2D eigenvalue weighted by molar-refractivity contribution is -0.157. The highest BCUT2D eigenvalue weighted by molar-refractivity contribution is 7.86. The van der Waals surface area contributed by atoms with E-state index in [9.17, 15) is 65.5 Å². The first-order chi connectivity index (χ1) is 54.6. The summed E-state index contributed by atoms with van der Waals surface area (Å²) in [5.74, 6) is -0.128. The lowest BCUT2D eigenvalue weighted by atomic mass is 9.97. The van der Waals surface area contributed by atoms with Gasteiger partial charge in [-0.3, -0.25) is 28.2 Å². The van der Waals surface area contributed by atoms with E-state index in [1.165, 1.54) is 37.9 Å². The van der Waals surface area contributed by atoms with E-state index in [0.717, 1.165) is 48.4 Å². The van der Waals surface area contributed by atoms with Gasteiger partial charge in [0.2, 0.25) is 0 Å². The van der Waals surface area contributed by atoms with Crippen molar-refractivity contribution in [1.29, 1.82) is 0 Å². The molecule has 1 aliphatic carbocycles. The fourth-order valence-corrected chi connectivity index (χ4v) is 7.66. The second kappa shape index (κ2) is 75.1. The Kier molecular flexibility index (Phi) is 79.2. The van der Waals surface area contributed by atoms with Gasteiger partial charge in [-0.25, -0.2) is 28.4 Å². The van der Waals surface area contributed by atoms with Crippen molar-refractivity contribution in [2.75, 3.05) is 34.8 Å². The monoisotopic (exact) mass is 1720 g/mol. The fourth-order valence-electron chi connectivity index (χ4n) is 6.57. The molecule has 4 rings (SSSR count). The Balaban J connectivity index is -0.000000190. The van der Waals surface area contributed by atoms with Gasteiger partial charge in [-0.05, 0) is 248 Å². The van der Waals surface area contributed by atoms with Gasteiger partial charge in [0.15, 0.2) is 0 Å². The van der Waals surface area contributed by atoms with Crippen LogP contribution >= 0.6 is 0 Å². The third kappa shape index (κ3) is 101. The van der Waals surface area contributed by atoms with Crippen LogP contribution in [-0.2, 0) is 108 Å². The summed E-state index contributed by atoms with van der Waals surface area (Å²) in [5, 5.41) is 5.00. The summed E-state index contributed by atoms with van der Waals surface area (Å²) in [6.45, 7) is 59.8. The number of carbonyl (C=O) groups excluding carboxylic acids is 11. The Morgan fingerprint density at radius 3 is 1.13 bits per heavy atom. The molecule has 1 saturated carbocycles. The Morgan fingerprint density at radius 1 is 0.462 bits per heavy atom. The van der Waals surface area contributed by atoms with Crippen LogP contribution in [0.4, 0.5) is 28.4 Å². The van der Waals surface area contributed by atoms with Crippen LogP contribution in [0.5, 0.6) is 0 Å². The molecule has 31 heteroatoms. The molecule has 0 heterocycles. The van der Waals surface area contributed by atoms with E-state index in [2.05, 4.69) is 50.4 Å². The third-order valence-corrected chi connectivity index (χ3v) is 12.8. The normalized spacial score (nSPS) is 10.7. The van der Waals surface area contributed by atoms with E-state index in [-0.39, 0.29) is 150 Å². The molecule has 690 valence electrons. The molecule has 29 nitrogen and oxygen atoms in total. The maximum Gasteiger partial charge on any atom is 0.508 e. The molecule has 0 aromatic heterocycles. The number of nitrogens with one attached hydrogen (secondary N) is 2. The fraction of sp³-hybridized carbons (Fsp3) is 0.670. The number of halogens is 1. The van der Waals surface area contributed by atoms with Gasteiger partial charge in [-0.1, -0.05) is 88.4 Å². The van der Waals surface area contributed by atoms with Gasteiger partial charge in [0.25, 0.3) is 10.1 Å². The second-order valence-electron chi connectivity index (χ2n) is 30.9. The van der Waals surface area contributed by atoms with E-state index in [1.807, 2.05) is 185 Å². The number of benzene rings is 3. The van der Waals surface area contributed by atoms with E-state index in [4.69, 9.17) is 37.3 Å². The summed E-state index contributed by atoms with van der Waals surface area (Å²) in [6.07, 6.45) is 1.33. The minimum atomic E-state index is -3.74. The third-order valence-electron chi connectivity index (χ3n) is 11.3. The van der Waals surface area contributed by atoms with E-state index in [0.29, 0.717) is 26.1 Å². The predicted molar refractivity (Wildman–Crippen MR) is 463 cm³/mol. The van der Waals surface area contributed by atoms with E-state index in [1.54, 1.807) is 88.4 Å². The van der Waals surface area contributed by atoms with Crippen molar-refractivity contribution in [3.05, 3.63) is 102 Å². The number of hydrogen-bond acceptors (Lipinski definition) is 25. The molecule has 3 aromatic carbocycles. The Hall–Kier alpha value is -9.13. The van der Waals surface area contributed by atoms with Crippen LogP contribution in [0.1, 0.15) is 271 Å². The topological polar surface area (TPSA) is 363 Å². The number of Topliss-reactive ketones (excluding diaryl/α,β-unsaturated/α-hetero) is 1. The zero-order chi connectivity index (χ0) is 94.5. The highest BCUT2D eigenvalue weighted by atomic mass is 32.2.